The maximum Gasteiger partial charge on any atom is 0.326 e. The van der Waals surface area contributed by atoms with Gasteiger partial charge in [0.05, 0.1) is 11.8 Å². The zero-order chi connectivity index (χ0) is 20.0. The highest BCUT2D eigenvalue weighted by Crippen LogP contribution is 2.56. The Morgan fingerprint density at radius 1 is 1.18 bits per heavy atom. The minimum Gasteiger partial charge on any atom is -0.454 e. The number of anilines is 1. The second kappa shape index (κ2) is 7.20. The minimum atomic E-state index is -0.771. The van der Waals surface area contributed by atoms with Crippen molar-refractivity contribution in [3.05, 3.63) is 28.8 Å². The molecule has 0 radical (unpaired) electrons. The minimum absolute atomic E-state index is 0.263. The second-order valence-corrected chi connectivity index (χ2v) is 8.25. The van der Waals surface area contributed by atoms with Crippen molar-refractivity contribution in [3.63, 3.8) is 0 Å². The predicted molar refractivity (Wildman–Crippen MR) is 100 cm³/mol. The first-order valence-electron chi connectivity index (χ1n) is 9.42. The largest absolute Gasteiger partial charge is 0.454 e. The second-order valence-electron chi connectivity index (χ2n) is 7.82. The van der Waals surface area contributed by atoms with E-state index in [9.17, 15) is 19.2 Å². The van der Waals surface area contributed by atoms with Gasteiger partial charge in [0.25, 0.3) is 5.91 Å². The molecule has 1 heterocycles. The third kappa shape index (κ3) is 3.28. The van der Waals surface area contributed by atoms with Gasteiger partial charge in [0.1, 0.15) is 6.54 Å². The number of aryl methyl sites for hydroxylation is 1. The lowest BCUT2D eigenvalue weighted by molar-refractivity contribution is -0.154. The Morgan fingerprint density at radius 2 is 1.82 bits per heavy atom. The summed E-state index contributed by atoms with van der Waals surface area (Å²) < 4.78 is 4.97. The molecule has 3 aliphatic rings. The molecule has 0 unspecified atom stereocenters. The third-order valence-electron chi connectivity index (χ3n) is 6.14. The maximum absolute atomic E-state index is 12.6. The number of esters is 1. The Balaban J connectivity index is 1.30. The van der Waals surface area contributed by atoms with Crippen LogP contribution in [0.15, 0.2) is 18.2 Å². The van der Waals surface area contributed by atoms with Gasteiger partial charge >= 0.3 is 5.97 Å². The Hall–Kier alpha value is -2.41. The number of benzene rings is 1. The fourth-order valence-electron chi connectivity index (χ4n) is 4.86. The molecule has 4 rings (SSSR count). The van der Waals surface area contributed by atoms with Gasteiger partial charge in [-0.05, 0) is 55.7 Å². The molecule has 0 aromatic heterocycles. The average molecular weight is 405 g/mol. The number of imide groups is 1. The molecule has 148 valence electrons. The molecule has 7 nitrogen and oxygen atoms in total. The van der Waals surface area contributed by atoms with Gasteiger partial charge in [-0.25, -0.2) is 0 Å². The van der Waals surface area contributed by atoms with Gasteiger partial charge < -0.3 is 10.1 Å². The molecule has 4 atom stereocenters. The summed E-state index contributed by atoms with van der Waals surface area (Å²) in [6, 6.07) is 5.07. The van der Waals surface area contributed by atoms with Crippen LogP contribution in [0.5, 0.6) is 0 Å². The summed E-state index contributed by atoms with van der Waals surface area (Å²) in [5.41, 5.74) is 1.35. The number of amides is 3. The van der Waals surface area contributed by atoms with Crippen LogP contribution >= 0.6 is 11.6 Å². The van der Waals surface area contributed by atoms with Crippen LogP contribution in [0.2, 0.25) is 5.02 Å². The standard InChI is InChI=1S/C20H21ClN2O5/c1-10-2-5-13(21)7-14(10)22-15(24)9-28-16(25)8-23-19(26)17-11-3-4-12(6-11)18(17)20(23)27/h2,5,7,11-12,17-18H,3-4,6,8-9H2,1H3,(H,22,24)/t11-,12-,17-,18+/m1/s1. The Kier molecular flexibility index (Phi) is 4.87. The first-order chi connectivity index (χ1) is 13.3. The summed E-state index contributed by atoms with van der Waals surface area (Å²) in [4.78, 5) is 50.3. The first-order valence-corrected chi connectivity index (χ1v) is 9.80. The number of fused-ring (bicyclic) bond motifs is 5. The molecule has 8 heteroatoms. The number of hydrogen-bond acceptors (Lipinski definition) is 5. The lowest BCUT2D eigenvalue weighted by Gasteiger charge is -2.19. The number of ether oxygens (including phenoxy) is 1. The average Bonchev–Trinajstić information content (AvgIpc) is 3.33. The monoisotopic (exact) mass is 404 g/mol. The molecule has 1 aromatic rings. The normalized spacial score (nSPS) is 27.9. The van der Waals surface area contributed by atoms with E-state index in [4.69, 9.17) is 16.3 Å². The molecule has 1 aliphatic heterocycles. The van der Waals surface area contributed by atoms with Crippen LogP contribution in [0, 0.1) is 30.6 Å². The van der Waals surface area contributed by atoms with Crippen LogP contribution in [0.3, 0.4) is 0 Å². The van der Waals surface area contributed by atoms with E-state index in [0.717, 1.165) is 29.7 Å². The Bertz CT molecular complexity index is 842. The van der Waals surface area contributed by atoms with Crippen molar-refractivity contribution in [1.82, 2.24) is 4.90 Å². The molecule has 2 bridgehead atoms. The highest BCUT2D eigenvalue weighted by molar-refractivity contribution is 6.31. The number of hydrogen-bond donors (Lipinski definition) is 1. The van der Waals surface area contributed by atoms with E-state index < -0.39 is 25.0 Å². The Morgan fingerprint density at radius 3 is 2.46 bits per heavy atom. The number of carbonyl (C=O) groups is 4. The Labute approximate surface area is 167 Å². The molecule has 3 amide bonds. The molecular weight excluding hydrogens is 384 g/mol. The smallest absolute Gasteiger partial charge is 0.326 e. The van der Waals surface area contributed by atoms with Gasteiger partial charge in [0, 0.05) is 10.7 Å². The summed E-state index contributed by atoms with van der Waals surface area (Å²) in [6.45, 7) is 0.874. The third-order valence-corrected chi connectivity index (χ3v) is 6.38. The van der Waals surface area contributed by atoms with Crippen molar-refractivity contribution >= 4 is 41.0 Å². The molecule has 0 spiro atoms. The van der Waals surface area contributed by atoms with Gasteiger partial charge in [0.2, 0.25) is 11.8 Å². The van der Waals surface area contributed by atoms with Crippen LogP contribution in [-0.4, -0.2) is 41.7 Å². The molecular formula is C20H21ClN2O5. The van der Waals surface area contributed by atoms with Crippen molar-refractivity contribution in [2.75, 3.05) is 18.5 Å². The topological polar surface area (TPSA) is 92.8 Å². The molecule has 2 saturated carbocycles. The number of nitrogens with one attached hydrogen (secondary N) is 1. The van der Waals surface area contributed by atoms with Gasteiger partial charge in [-0.15, -0.1) is 0 Å². The van der Waals surface area contributed by atoms with E-state index in [1.807, 2.05) is 6.92 Å². The van der Waals surface area contributed by atoms with Crippen molar-refractivity contribution in [2.45, 2.75) is 26.2 Å². The number of likely N-dealkylation sites (tertiary alicyclic amines) is 1. The first kappa shape index (κ1) is 18.9. The summed E-state index contributed by atoms with van der Waals surface area (Å²) >= 11 is 5.91. The summed E-state index contributed by atoms with van der Waals surface area (Å²) in [6.07, 6.45) is 2.90. The molecule has 3 fully saturated rings. The fourth-order valence-corrected chi connectivity index (χ4v) is 5.03. The highest BCUT2D eigenvalue weighted by atomic mass is 35.5. The molecule has 28 heavy (non-hydrogen) atoms. The van der Waals surface area contributed by atoms with Gasteiger partial charge in [-0.3, -0.25) is 24.1 Å². The van der Waals surface area contributed by atoms with E-state index >= 15 is 0 Å². The maximum atomic E-state index is 12.6. The van der Waals surface area contributed by atoms with E-state index in [1.165, 1.54) is 0 Å². The van der Waals surface area contributed by atoms with Crippen LogP contribution in [0.25, 0.3) is 0 Å². The van der Waals surface area contributed by atoms with Crippen molar-refractivity contribution in [2.24, 2.45) is 23.7 Å². The number of carbonyl (C=O) groups excluding carboxylic acids is 4. The van der Waals surface area contributed by atoms with Gasteiger partial charge in [0.15, 0.2) is 6.61 Å². The zero-order valence-electron chi connectivity index (χ0n) is 15.4. The van der Waals surface area contributed by atoms with Gasteiger partial charge in [-0.2, -0.15) is 0 Å². The lowest BCUT2D eigenvalue weighted by Crippen LogP contribution is -2.38. The van der Waals surface area contributed by atoms with E-state index in [0.29, 0.717) is 10.7 Å². The molecule has 2 aliphatic carbocycles. The van der Waals surface area contributed by atoms with Crippen LogP contribution in [0.4, 0.5) is 5.69 Å². The predicted octanol–water partition coefficient (Wildman–Crippen LogP) is 2.16. The molecule has 1 aromatic carbocycles. The quantitative estimate of drug-likeness (QED) is 0.599. The van der Waals surface area contributed by atoms with E-state index in [1.54, 1.807) is 18.2 Å². The van der Waals surface area contributed by atoms with Crippen LogP contribution < -0.4 is 5.32 Å². The summed E-state index contributed by atoms with van der Waals surface area (Å²) in [5.74, 6) is -1.84. The SMILES string of the molecule is Cc1ccc(Cl)cc1NC(=O)COC(=O)CN1C(=O)[C@@H]2[C@@H]3CC[C@H](C3)[C@@H]2C1=O. The van der Waals surface area contributed by atoms with Crippen molar-refractivity contribution in [1.29, 1.82) is 0 Å². The van der Waals surface area contributed by atoms with Crippen LogP contribution in [-0.2, 0) is 23.9 Å². The lowest BCUT2D eigenvalue weighted by atomic mass is 9.81. The van der Waals surface area contributed by atoms with Crippen molar-refractivity contribution < 1.29 is 23.9 Å². The van der Waals surface area contributed by atoms with E-state index in [2.05, 4.69) is 5.32 Å². The number of rotatable bonds is 5. The number of nitrogens with zero attached hydrogens (tertiary/aromatic N) is 1. The van der Waals surface area contributed by atoms with E-state index in [-0.39, 0.29) is 35.5 Å². The molecule has 1 N–H and O–H groups in total. The number of halogens is 1. The zero-order valence-corrected chi connectivity index (χ0v) is 16.2. The van der Waals surface area contributed by atoms with Crippen LogP contribution in [0.1, 0.15) is 24.8 Å². The highest BCUT2D eigenvalue weighted by Gasteiger charge is 2.61. The van der Waals surface area contributed by atoms with Crippen molar-refractivity contribution in [3.8, 4) is 0 Å². The van der Waals surface area contributed by atoms with Gasteiger partial charge in [-0.1, -0.05) is 17.7 Å². The summed E-state index contributed by atoms with van der Waals surface area (Å²) in [7, 11) is 0. The summed E-state index contributed by atoms with van der Waals surface area (Å²) in [5, 5.41) is 3.10. The molecule has 1 saturated heterocycles. The fraction of sp³-hybridized carbons (Fsp3) is 0.500.